The number of nitrogens with one attached hydrogen (secondary N) is 1. The summed E-state index contributed by atoms with van der Waals surface area (Å²) in [6.07, 6.45) is 2.86. The maximum absolute atomic E-state index is 14.2. The first kappa shape index (κ1) is 34.0. The lowest BCUT2D eigenvalue weighted by Gasteiger charge is -2.34. The minimum absolute atomic E-state index is 0.0221. The van der Waals surface area contributed by atoms with Crippen molar-refractivity contribution in [3.8, 4) is 11.5 Å². The number of ether oxygens (including phenoxy) is 2. The van der Waals surface area contributed by atoms with Crippen molar-refractivity contribution in [3.63, 3.8) is 0 Å². The van der Waals surface area contributed by atoms with Crippen molar-refractivity contribution in [2.45, 2.75) is 38.8 Å². The number of amides is 2. The number of unbranched alkanes of at least 4 members (excludes halogenated alkanes) is 1. The van der Waals surface area contributed by atoms with Crippen molar-refractivity contribution >= 4 is 50.7 Å². The average Bonchev–Trinajstić information content (AvgIpc) is 2.99. The molecule has 0 aliphatic rings. The van der Waals surface area contributed by atoms with Gasteiger partial charge in [0.25, 0.3) is 0 Å². The topological polar surface area (TPSA) is 105 Å². The average molecular weight is 651 g/mol. The smallest absolute Gasteiger partial charge is 0.244 e. The lowest BCUT2D eigenvalue weighted by molar-refractivity contribution is -0.140. The molecule has 3 rings (SSSR count). The minimum atomic E-state index is -3.98. The van der Waals surface area contributed by atoms with E-state index in [9.17, 15) is 18.0 Å². The zero-order chi connectivity index (χ0) is 31.6. The van der Waals surface area contributed by atoms with E-state index in [-0.39, 0.29) is 30.3 Å². The molecule has 2 amide bonds. The van der Waals surface area contributed by atoms with Crippen molar-refractivity contribution in [2.75, 3.05) is 37.9 Å². The Hall–Kier alpha value is -3.47. The molecule has 0 saturated carbocycles. The predicted octanol–water partition coefficient (Wildman–Crippen LogP) is 5.33. The molecule has 0 aromatic heterocycles. The van der Waals surface area contributed by atoms with Crippen LogP contribution < -0.4 is 19.1 Å². The molecule has 0 unspecified atom stereocenters. The van der Waals surface area contributed by atoms with E-state index in [0.29, 0.717) is 27.9 Å². The summed E-state index contributed by atoms with van der Waals surface area (Å²) in [4.78, 5) is 29.3. The maximum Gasteiger partial charge on any atom is 0.244 e. The van der Waals surface area contributed by atoms with Gasteiger partial charge in [0.1, 0.15) is 24.1 Å². The molecule has 3 aromatic rings. The van der Waals surface area contributed by atoms with Gasteiger partial charge in [0.2, 0.25) is 21.8 Å². The first-order chi connectivity index (χ1) is 20.5. The molecule has 1 atom stereocenters. The zero-order valence-corrected chi connectivity index (χ0v) is 27.0. The summed E-state index contributed by atoms with van der Waals surface area (Å²) >= 11 is 12.4. The molecule has 232 valence electrons. The summed E-state index contributed by atoms with van der Waals surface area (Å²) in [5.41, 5.74) is 1.61. The Balaban J connectivity index is 2.09. The van der Waals surface area contributed by atoms with Crippen LogP contribution in [0.4, 0.5) is 5.69 Å². The Morgan fingerprint density at radius 3 is 2.26 bits per heavy atom. The standard InChI is InChI=1S/C31H37Cl2N3O6S/c1-5-6-16-34-31(38)28(18-22-10-8-7-9-11-22)35(20-23-12-14-25(32)26(33)17-23)30(37)21-36(43(4,39)40)27-15-13-24(41-2)19-29(27)42-3/h7-15,17,19,28H,5-6,16,18,20-21H2,1-4H3,(H,34,38)/t28-/m1/s1. The second-order valence-corrected chi connectivity index (χ2v) is 12.6. The second kappa shape index (κ2) is 15.8. The van der Waals surface area contributed by atoms with Gasteiger partial charge < -0.3 is 19.7 Å². The van der Waals surface area contributed by atoms with E-state index < -0.39 is 28.5 Å². The third kappa shape index (κ3) is 9.51. The summed E-state index contributed by atoms with van der Waals surface area (Å²) in [6.45, 7) is 1.84. The van der Waals surface area contributed by atoms with E-state index >= 15 is 0 Å². The molecule has 43 heavy (non-hydrogen) atoms. The Bertz CT molecular complexity index is 1500. The number of rotatable bonds is 15. The predicted molar refractivity (Wildman–Crippen MR) is 171 cm³/mol. The van der Waals surface area contributed by atoms with Gasteiger partial charge in [0, 0.05) is 25.6 Å². The first-order valence-electron chi connectivity index (χ1n) is 13.7. The quantitative estimate of drug-likeness (QED) is 0.223. The van der Waals surface area contributed by atoms with Gasteiger partial charge in [-0.2, -0.15) is 0 Å². The van der Waals surface area contributed by atoms with Crippen molar-refractivity contribution in [1.29, 1.82) is 0 Å². The normalized spacial score (nSPS) is 11.9. The number of halogens is 2. The Kier molecular flexibility index (Phi) is 12.5. The van der Waals surface area contributed by atoms with Crippen LogP contribution in [-0.2, 0) is 32.6 Å². The van der Waals surface area contributed by atoms with Gasteiger partial charge >= 0.3 is 0 Å². The third-order valence-electron chi connectivity index (χ3n) is 6.77. The molecule has 0 spiro atoms. The van der Waals surface area contributed by atoms with Crippen LogP contribution in [0.3, 0.4) is 0 Å². The molecule has 0 heterocycles. The monoisotopic (exact) mass is 649 g/mol. The number of hydrogen-bond donors (Lipinski definition) is 1. The van der Waals surface area contributed by atoms with Crippen molar-refractivity contribution in [2.24, 2.45) is 0 Å². The lowest BCUT2D eigenvalue weighted by atomic mass is 10.0. The van der Waals surface area contributed by atoms with Gasteiger partial charge in [0.05, 0.1) is 36.2 Å². The van der Waals surface area contributed by atoms with Crippen LogP contribution in [-0.4, -0.2) is 64.7 Å². The molecule has 0 radical (unpaired) electrons. The van der Waals surface area contributed by atoms with Crippen LogP contribution in [0.15, 0.2) is 66.7 Å². The third-order valence-corrected chi connectivity index (χ3v) is 8.64. The highest BCUT2D eigenvalue weighted by Crippen LogP contribution is 2.34. The van der Waals surface area contributed by atoms with Crippen LogP contribution in [0.2, 0.25) is 10.0 Å². The van der Waals surface area contributed by atoms with Gasteiger partial charge in [-0.1, -0.05) is 72.9 Å². The maximum atomic E-state index is 14.2. The van der Waals surface area contributed by atoms with Gasteiger partial charge in [-0.05, 0) is 41.8 Å². The molecule has 3 aromatic carbocycles. The van der Waals surface area contributed by atoms with Crippen LogP contribution in [0.1, 0.15) is 30.9 Å². The highest BCUT2D eigenvalue weighted by molar-refractivity contribution is 7.92. The highest BCUT2D eigenvalue weighted by Gasteiger charge is 2.33. The molecule has 0 bridgehead atoms. The van der Waals surface area contributed by atoms with Gasteiger partial charge in [-0.25, -0.2) is 8.42 Å². The van der Waals surface area contributed by atoms with Crippen LogP contribution in [0, 0.1) is 0 Å². The molecule has 0 aliphatic carbocycles. The zero-order valence-electron chi connectivity index (χ0n) is 24.7. The Morgan fingerprint density at radius 2 is 1.65 bits per heavy atom. The Labute approximate surface area is 263 Å². The fraction of sp³-hybridized carbons (Fsp3) is 0.355. The van der Waals surface area contributed by atoms with E-state index in [4.69, 9.17) is 32.7 Å². The fourth-order valence-electron chi connectivity index (χ4n) is 4.48. The van der Waals surface area contributed by atoms with Crippen molar-refractivity contribution in [1.82, 2.24) is 10.2 Å². The SMILES string of the molecule is CCCCNC(=O)[C@@H](Cc1ccccc1)N(Cc1ccc(Cl)c(Cl)c1)C(=O)CN(c1ccc(OC)cc1OC)S(C)(=O)=O. The molecule has 1 N–H and O–H groups in total. The van der Waals surface area contributed by atoms with Gasteiger partial charge in [-0.3, -0.25) is 13.9 Å². The number of benzene rings is 3. The number of carbonyl (C=O) groups excluding carboxylic acids is 2. The minimum Gasteiger partial charge on any atom is -0.497 e. The van der Waals surface area contributed by atoms with Crippen LogP contribution >= 0.6 is 23.2 Å². The molecular weight excluding hydrogens is 613 g/mol. The second-order valence-electron chi connectivity index (χ2n) is 9.93. The summed E-state index contributed by atoms with van der Waals surface area (Å²) in [6, 6.07) is 17.9. The van der Waals surface area contributed by atoms with Crippen molar-refractivity contribution in [3.05, 3.63) is 87.9 Å². The van der Waals surface area contributed by atoms with Gasteiger partial charge in [0.15, 0.2) is 0 Å². The molecular formula is C31H37Cl2N3O6S. The number of nitrogens with zero attached hydrogens (tertiary/aromatic N) is 2. The lowest BCUT2D eigenvalue weighted by Crippen LogP contribution is -2.53. The van der Waals surface area contributed by atoms with E-state index in [1.807, 2.05) is 37.3 Å². The van der Waals surface area contributed by atoms with E-state index in [1.54, 1.807) is 24.3 Å². The number of hydrogen-bond acceptors (Lipinski definition) is 6. The number of carbonyl (C=O) groups is 2. The number of methoxy groups -OCH3 is 2. The van der Waals surface area contributed by atoms with E-state index in [0.717, 1.165) is 29.0 Å². The summed E-state index contributed by atoms with van der Waals surface area (Å²) < 4.78 is 37.8. The molecule has 12 heteroatoms. The first-order valence-corrected chi connectivity index (χ1v) is 16.3. The highest BCUT2D eigenvalue weighted by atomic mass is 35.5. The number of sulfonamides is 1. The number of anilines is 1. The Morgan fingerprint density at radius 1 is 0.930 bits per heavy atom. The molecule has 0 saturated heterocycles. The largest absolute Gasteiger partial charge is 0.497 e. The van der Waals surface area contributed by atoms with Crippen molar-refractivity contribution < 1.29 is 27.5 Å². The van der Waals surface area contributed by atoms with Crippen LogP contribution in [0.25, 0.3) is 0 Å². The molecule has 9 nitrogen and oxygen atoms in total. The molecule has 0 fully saturated rings. The summed E-state index contributed by atoms with van der Waals surface area (Å²) in [5, 5.41) is 3.58. The van der Waals surface area contributed by atoms with Crippen LogP contribution in [0.5, 0.6) is 11.5 Å². The summed E-state index contributed by atoms with van der Waals surface area (Å²) in [5.74, 6) is -0.292. The molecule has 0 aliphatic heterocycles. The van der Waals surface area contributed by atoms with E-state index in [2.05, 4.69) is 5.32 Å². The van der Waals surface area contributed by atoms with E-state index in [1.165, 1.54) is 31.3 Å². The fourth-order valence-corrected chi connectivity index (χ4v) is 5.65. The summed E-state index contributed by atoms with van der Waals surface area (Å²) in [7, 11) is -1.11. The van der Waals surface area contributed by atoms with Gasteiger partial charge in [-0.15, -0.1) is 0 Å².